The van der Waals surface area contributed by atoms with Crippen LogP contribution in [0.1, 0.15) is 45.1 Å². The summed E-state index contributed by atoms with van der Waals surface area (Å²) in [5.74, 6) is 1.07. The van der Waals surface area contributed by atoms with Gasteiger partial charge in [-0.2, -0.15) is 0 Å². The molecule has 0 aromatic heterocycles. The minimum Gasteiger partial charge on any atom is -0.493 e. The topological polar surface area (TPSA) is 9.23 Å². The minimum atomic E-state index is 0.815. The summed E-state index contributed by atoms with van der Waals surface area (Å²) in [6.45, 7) is 5.25. The fraction of sp³-hybridized carbons (Fsp3) is 0.400. The average molecular weight is 314 g/mol. The molecule has 1 nitrogen and oxygen atoms in total. The van der Waals surface area contributed by atoms with Crippen LogP contribution in [0.5, 0.6) is 5.75 Å². The zero-order chi connectivity index (χ0) is 15.6. The van der Waals surface area contributed by atoms with Crippen LogP contribution in [0.25, 0.3) is 0 Å². The second kappa shape index (κ2) is 9.58. The Labute approximate surface area is 139 Å². The molecule has 0 aliphatic rings. The Balaban J connectivity index is 2.20. The van der Waals surface area contributed by atoms with Crippen molar-refractivity contribution in [2.75, 3.05) is 6.61 Å². The molecular formula is C20H26OS. The molecule has 0 atom stereocenters. The van der Waals surface area contributed by atoms with Crippen LogP contribution in [-0.2, 0) is 6.42 Å². The molecule has 0 fully saturated rings. The zero-order valence-corrected chi connectivity index (χ0v) is 14.5. The van der Waals surface area contributed by atoms with Crippen molar-refractivity contribution in [3.63, 3.8) is 0 Å². The van der Waals surface area contributed by atoms with Gasteiger partial charge in [0.25, 0.3) is 0 Å². The largest absolute Gasteiger partial charge is 0.493 e. The van der Waals surface area contributed by atoms with E-state index in [-0.39, 0.29) is 0 Å². The van der Waals surface area contributed by atoms with Crippen LogP contribution in [0.2, 0.25) is 0 Å². The highest BCUT2D eigenvalue weighted by Gasteiger charge is 2.10. The molecule has 0 spiro atoms. The molecule has 22 heavy (non-hydrogen) atoms. The van der Waals surface area contributed by atoms with Crippen molar-refractivity contribution in [3.8, 4) is 5.75 Å². The van der Waals surface area contributed by atoms with E-state index in [1.807, 2.05) is 11.8 Å². The first-order chi connectivity index (χ1) is 10.8. The van der Waals surface area contributed by atoms with Gasteiger partial charge in [-0.15, -0.1) is 0 Å². The summed E-state index contributed by atoms with van der Waals surface area (Å²) in [5, 5.41) is 0. The van der Waals surface area contributed by atoms with Gasteiger partial charge in [-0.25, -0.2) is 0 Å². The molecule has 2 rings (SSSR count). The standard InChI is InChI=1S/C20H26OS/c1-3-5-13-18-19(21-16-6-4-2)14-10-15-20(18)22-17-11-8-7-9-12-17/h7-12,14-15H,3-6,13,16H2,1-2H3. The summed E-state index contributed by atoms with van der Waals surface area (Å²) in [7, 11) is 0. The Bertz CT molecular complexity index is 551. The Kier molecular flexibility index (Phi) is 7.38. The normalized spacial score (nSPS) is 10.6. The van der Waals surface area contributed by atoms with E-state index in [0.717, 1.165) is 25.2 Å². The van der Waals surface area contributed by atoms with E-state index in [1.165, 1.54) is 34.6 Å². The lowest BCUT2D eigenvalue weighted by Gasteiger charge is -2.15. The molecule has 0 unspecified atom stereocenters. The smallest absolute Gasteiger partial charge is 0.123 e. The first-order valence-corrected chi connectivity index (χ1v) is 9.14. The lowest BCUT2D eigenvalue weighted by molar-refractivity contribution is 0.305. The van der Waals surface area contributed by atoms with E-state index in [4.69, 9.17) is 4.74 Å². The lowest BCUT2D eigenvalue weighted by atomic mass is 10.1. The van der Waals surface area contributed by atoms with Gasteiger partial charge in [-0.1, -0.05) is 62.7 Å². The van der Waals surface area contributed by atoms with Gasteiger partial charge < -0.3 is 4.74 Å². The quantitative estimate of drug-likeness (QED) is 0.498. The average Bonchev–Trinajstić information content (AvgIpc) is 2.55. The Hall–Kier alpha value is -1.41. The molecule has 0 saturated carbocycles. The SMILES string of the molecule is CCCCOc1cccc(Sc2ccccc2)c1CCCC. The molecule has 2 aromatic rings. The maximum absolute atomic E-state index is 6.04. The van der Waals surface area contributed by atoms with Crippen molar-refractivity contribution in [1.29, 1.82) is 0 Å². The molecule has 0 radical (unpaired) electrons. The molecule has 0 amide bonds. The molecule has 0 bridgehead atoms. The van der Waals surface area contributed by atoms with Crippen molar-refractivity contribution >= 4 is 11.8 Å². The third kappa shape index (κ3) is 5.10. The summed E-state index contributed by atoms with van der Waals surface area (Å²) in [5.41, 5.74) is 1.37. The maximum atomic E-state index is 6.04. The monoisotopic (exact) mass is 314 g/mol. The van der Waals surface area contributed by atoms with Crippen LogP contribution >= 0.6 is 11.8 Å². The van der Waals surface area contributed by atoms with E-state index < -0.39 is 0 Å². The highest BCUT2D eigenvalue weighted by molar-refractivity contribution is 7.99. The van der Waals surface area contributed by atoms with Crippen molar-refractivity contribution in [2.45, 2.75) is 55.7 Å². The van der Waals surface area contributed by atoms with Crippen molar-refractivity contribution < 1.29 is 4.74 Å². The van der Waals surface area contributed by atoms with Crippen LogP contribution in [0.3, 0.4) is 0 Å². The summed E-state index contributed by atoms with van der Waals surface area (Å²) >= 11 is 1.84. The van der Waals surface area contributed by atoms with Gasteiger partial charge in [0.1, 0.15) is 5.75 Å². The van der Waals surface area contributed by atoms with Crippen LogP contribution in [0, 0.1) is 0 Å². The predicted octanol–water partition coefficient (Wildman–Crippen LogP) is 6.36. The maximum Gasteiger partial charge on any atom is 0.123 e. The van der Waals surface area contributed by atoms with Gasteiger partial charge >= 0.3 is 0 Å². The molecule has 2 heteroatoms. The van der Waals surface area contributed by atoms with Gasteiger partial charge in [0.15, 0.2) is 0 Å². The van der Waals surface area contributed by atoms with Crippen molar-refractivity contribution in [3.05, 3.63) is 54.1 Å². The molecule has 2 aromatic carbocycles. The lowest BCUT2D eigenvalue weighted by Crippen LogP contribution is -2.01. The molecule has 0 N–H and O–H groups in total. The zero-order valence-electron chi connectivity index (χ0n) is 13.7. The number of ether oxygens (including phenoxy) is 1. The first kappa shape index (κ1) is 17.0. The van der Waals surface area contributed by atoms with Gasteiger partial charge in [0.2, 0.25) is 0 Å². The van der Waals surface area contributed by atoms with Crippen LogP contribution in [0.15, 0.2) is 58.3 Å². The third-order valence-electron chi connectivity index (χ3n) is 3.60. The van der Waals surface area contributed by atoms with Gasteiger partial charge in [-0.05, 0) is 43.5 Å². The van der Waals surface area contributed by atoms with Crippen LogP contribution in [-0.4, -0.2) is 6.61 Å². The van der Waals surface area contributed by atoms with E-state index in [9.17, 15) is 0 Å². The highest BCUT2D eigenvalue weighted by atomic mass is 32.2. The second-order valence-electron chi connectivity index (χ2n) is 5.45. The number of unbranched alkanes of at least 4 members (excludes halogenated alkanes) is 2. The summed E-state index contributed by atoms with van der Waals surface area (Å²) in [4.78, 5) is 2.61. The van der Waals surface area contributed by atoms with E-state index in [2.05, 4.69) is 62.4 Å². The number of rotatable bonds is 9. The summed E-state index contributed by atoms with van der Waals surface area (Å²) in [6.07, 6.45) is 5.79. The molecule has 0 aliphatic heterocycles. The van der Waals surface area contributed by atoms with E-state index in [1.54, 1.807) is 0 Å². The number of hydrogen-bond acceptors (Lipinski definition) is 2. The van der Waals surface area contributed by atoms with Crippen LogP contribution < -0.4 is 4.74 Å². The van der Waals surface area contributed by atoms with Gasteiger partial charge in [0, 0.05) is 15.4 Å². The van der Waals surface area contributed by atoms with Crippen LogP contribution in [0.4, 0.5) is 0 Å². The van der Waals surface area contributed by atoms with E-state index >= 15 is 0 Å². The fourth-order valence-corrected chi connectivity index (χ4v) is 3.34. The summed E-state index contributed by atoms with van der Waals surface area (Å²) in [6, 6.07) is 17.0. The Morgan fingerprint density at radius 1 is 0.864 bits per heavy atom. The first-order valence-electron chi connectivity index (χ1n) is 8.32. The Morgan fingerprint density at radius 2 is 1.64 bits per heavy atom. The van der Waals surface area contributed by atoms with Gasteiger partial charge in [-0.3, -0.25) is 0 Å². The number of benzene rings is 2. The van der Waals surface area contributed by atoms with Crippen molar-refractivity contribution in [2.24, 2.45) is 0 Å². The van der Waals surface area contributed by atoms with Crippen molar-refractivity contribution in [1.82, 2.24) is 0 Å². The second-order valence-corrected chi connectivity index (χ2v) is 6.57. The molecule has 0 saturated heterocycles. The molecular weight excluding hydrogens is 288 g/mol. The molecule has 118 valence electrons. The molecule has 0 aliphatic carbocycles. The summed E-state index contributed by atoms with van der Waals surface area (Å²) < 4.78 is 6.04. The minimum absolute atomic E-state index is 0.815. The van der Waals surface area contributed by atoms with Gasteiger partial charge in [0.05, 0.1) is 6.61 Å². The highest BCUT2D eigenvalue weighted by Crippen LogP contribution is 2.35. The Morgan fingerprint density at radius 3 is 2.36 bits per heavy atom. The predicted molar refractivity (Wildman–Crippen MR) is 96.0 cm³/mol. The van der Waals surface area contributed by atoms with E-state index in [0.29, 0.717) is 0 Å². The fourth-order valence-electron chi connectivity index (χ4n) is 2.32. The molecule has 0 heterocycles. The third-order valence-corrected chi connectivity index (χ3v) is 4.71. The number of hydrogen-bond donors (Lipinski definition) is 0.